The fourth-order valence-electron chi connectivity index (χ4n) is 1.31. The number of nitrogens with zero attached hydrogens (tertiary/aromatic N) is 4. The molecule has 2 rings (SSSR count). The summed E-state index contributed by atoms with van der Waals surface area (Å²) in [6, 6.07) is 0. The second-order valence-corrected chi connectivity index (χ2v) is 3.97. The molecule has 0 aliphatic rings. The van der Waals surface area contributed by atoms with Crippen molar-refractivity contribution in [3.8, 4) is 0 Å². The van der Waals surface area contributed by atoms with Gasteiger partial charge in [-0.15, -0.1) is 0 Å². The minimum absolute atomic E-state index is 0.324. The fourth-order valence-corrected chi connectivity index (χ4v) is 1.86. The molecule has 2 aromatic rings. The first kappa shape index (κ1) is 9.44. The van der Waals surface area contributed by atoms with Crippen LogP contribution in [-0.2, 0) is 14.1 Å². The molecule has 0 saturated carbocycles. The van der Waals surface area contributed by atoms with E-state index in [2.05, 4.69) is 4.98 Å². The average Bonchev–Trinajstić information content (AvgIpc) is 2.54. The van der Waals surface area contributed by atoms with E-state index in [4.69, 9.17) is 0 Å². The Bertz CT molecular complexity index is 621. The Morgan fingerprint density at radius 2 is 1.93 bits per heavy atom. The van der Waals surface area contributed by atoms with E-state index in [1.807, 2.05) is 22.9 Å². The molecular formula is C7H7IN4O2. The number of halogens is 1. The molecule has 2 heterocycles. The van der Waals surface area contributed by atoms with Crippen molar-refractivity contribution < 1.29 is 0 Å². The van der Waals surface area contributed by atoms with Gasteiger partial charge in [0, 0.05) is 14.1 Å². The Morgan fingerprint density at radius 1 is 1.29 bits per heavy atom. The number of aryl methyl sites for hydroxylation is 1. The van der Waals surface area contributed by atoms with Gasteiger partial charge in [-0.25, -0.2) is 9.78 Å². The van der Waals surface area contributed by atoms with Gasteiger partial charge in [-0.3, -0.25) is 16.7 Å². The van der Waals surface area contributed by atoms with Gasteiger partial charge in [-0.05, 0) is 0 Å². The van der Waals surface area contributed by atoms with E-state index in [1.165, 1.54) is 17.9 Å². The van der Waals surface area contributed by atoms with Gasteiger partial charge in [0.2, 0.25) is 0 Å². The number of aromatic nitrogens is 4. The van der Waals surface area contributed by atoms with Crippen LogP contribution in [0.2, 0.25) is 0 Å². The lowest BCUT2D eigenvalue weighted by Gasteiger charge is -2.02. The van der Waals surface area contributed by atoms with Crippen molar-refractivity contribution in [1.29, 1.82) is 0 Å². The predicted octanol–water partition coefficient (Wildman–Crippen LogP) is -0.368. The summed E-state index contributed by atoms with van der Waals surface area (Å²) in [7, 11) is 3.04. The van der Waals surface area contributed by atoms with E-state index < -0.39 is 0 Å². The van der Waals surface area contributed by atoms with E-state index in [1.54, 1.807) is 9.83 Å². The van der Waals surface area contributed by atoms with Gasteiger partial charge < -0.3 is 0 Å². The molecule has 7 heteroatoms. The largest absolute Gasteiger partial charge is 0.332 e. The van der Waals surface area contributed by atoms with Crippen LogP contribution in [0.5, 0.6) is 0 Å². The highest BCUT2D eigenvalue weighted by molar-refractivity contribution is 14.1. The van der Waals surface area contributed by atoms with Crippen LogP contribution in [0.4, 0.5) is 0 Å². The lowest BCUT2D eigenvalue weighted by Crippen LogP contribution is -2.37. The maximum absolute atomic E-state index is 11.7. The molecule has 0 atom stereocenters. The molecule has 0 aliphatic heterocycles. The molecule has 0 spiro atoms. The molecule has 0 radical (unpaired) electrons. The Labute approximate surface area is 92.3 Å². The highest BCUT2D eigenvalue weighted by Gasteiger charge is 2.12. The average molecular weight is 306 g/mol. The molecular weight excluding hydrogens is 299 g/mol. The maximum Gasteiger partial charge on any atom is 0.332 e. The Hall–Kier alpha value is -1.12. The molecule has 74 valence electrons. The van der Waals surface area contributed by atoms with Crippen LogP contribution >= 0.6 is 22.9 Å². The van der Waals surface area contributed by atoms with Gasteiger partial charge in [0.25, 0.3) is 5.56 Å². The second kappa shape index (κ2) is 2.94. The molecule has 0 N–H and O–H groups in total. The van der Waals surface area contributed by atoms with Crippen molar-refractivity contribution in [1.82, 2.24) is 16.9 Å². The molecule has 0 fully saturated rings. The van der Waals surface area contributed by atoms with Crippen molar-refractivity contribution in [2.45, 2.75) is 0 Å². The number of hydrogen-bond donors (Lipinski definition) is 0. The van der Waals surface area contributed by atoms with Crippen LogP contribution in [-0.4, -0.2) is 16.9 Å². The lowest BCUT2D eigenvalue weighted by atomic mass is 10.5. The smallest absolute Gasteiger partial charge is 0.279 e. The van der Waals surface area contributed by atoms with Crippen molar-refractivity contribution in [3.63, 3.8) is 0 Å². The summed E-state index contributed by atoms with van der Waals surface area (Å²) >= 11 is 1.95. The van der Waals surface area contributed by atoms with Crippen LogP contribution in [0.3, 0.4) is 0 Å². The lowest BCUT2D eigenvalue weighted by molar-refractivity contribution is 0.708. The van der Waals surface area contributed by atoms with Crippen LogP contribution < -0.4 is 11.2 Å². The van der Waals surface area contributed by atoms with Crippen molar-refractivity contribution in [2.24, 2.45) is 14.1 Å². The zero-order chi connectivity index (χ0) is 10.5. The number of hydrogen-bond acceptors (Lipinski definition) is 3. The van der Waals surface area contributed by atoms with Gasteiger partial charge in [0.15, 0.2) is 11.2 Å². The minimum Gasteiger partial charge on any atom is -0.279 e. The van der Waals surface area contributed by atoms with E-state index in [0.717, 1.165) is 4.57 Å². The molecule has 0 aliphatic carbocycles. The second-order valence-electron chi connectivity index (χ2n) is 2.93. The molecule has 6 nitrogen and oxygen atoms in total. The monoisotopic (exact) mass is 306 g/mol. The predicted molar refractivity (Wildman–Crippen MR) is 59.6 cm³/mol. The highest BCUT2D eigenvalue weighted by atomic mass is 127. The molecule has 0 bridgehead atoms. The van der Waals surface area contributed by atoms with E-state index in [9.17, 15) is 9.59 Å². The van der Waals surface area contributed by atoms with Gasteiger partial charge in [0.1, 0.15) is 6.33 Å². The summed E-state index contributed by atoms with van der Waals surface area (Å²) in [5.74, 6) is 0. The zero-order valence-corrected chi connectivity index (χ0v) is 9.72. The molecule has 0 amide bonds. The summed E-state index contributed by atoms with van der Waals surface area (Å²) in [5.41, 5.74) is 0.148. The molecule has 0 saturated heterocycles. The first-order valence-corrected chi connectivity index (χ1v) is 4.79. The Kier molecular flexibility index (Phi) is 1.98. The topological polar surface area (TPSA) is 61.8 Å². The summed E-state index contributed by atoms with van der Waals surface area (Å²) in [6.07, 6.45) is 1.51. The first-order chi connectivity index (χ1) is 6.54. The quantitative estimate of drug-likeness (QED) is 0.624. The van der Waals surface area contributed by atoms with Gasteiger partial charge >= 0.3 is 5.69 Å². The van der Waals surface area contributed by atoms with E-state index >= 15 is 0 Å². The Balaban J connectivity index is 3.22. The summed E-state index contributed by atoms with van der Waals surface area (Å²) < 4.78 is 4.00. The third kappa shape index (κ3) is 1.04. The summed E-state index contributed by atoms with van der Waals surface area (Å²) in [5, 5.41) is 0. The van der Waals surface area contributed by atoms with Crippen LogP contribution in [0.1, 0.15) is 0 Å². The summed E-state index contributed by atoms with van der Waals surface area (Å²) in [4.78, 5) is 27.1. The maximum atomic E-state index is 11.7. The normalized spacial score (nSPS) is 11.1. The van der Waals surface area contributed by atoms with Crippen molar-refractivity contribution >= 4 is 34.0 Å². The number of rotatable bonds is 0. The molecule has 0 aromatic carbocycles. The summed E-state index contributed by atoms with van der Waals surface area (Å²) in [6.45, 7) is 0. The van der Waals surface area contributed by atoms with Crippen molar-refractivity contribution in [2.75, 3.05) is 0 Å². The standard InChI is InChI=1S/C7H7IN4O2/c1-10-5-4(12(8)3-9-5)6(13)11(2)7(10)14/h3H,1-2H3. The van der Waals surface area contributed by atoms with Gasteiger partial charge in [0.05, 0.1) is 22.9 Å². The number of imidazole rings is 1. The molecule has 14 heavy (non-hydrogen) atoms. The van der Waals surface area contributed by atoms with Crippen LogP contribution in [0.15, 0.2) is 15.9 Å². The van der Waals surface area contributed by atoms with Gasteiger partial charge in [-0.1, -0.05) is 0 Å². The van der Waals surface area contributed by atoms with Crippen molar-refractivity contribution in [3.05, 3.63) is 27.2 Å². The number of fused-ring (bicyclic) bond motifs is 1. The van der Waals surface area contributed by atoms with Crippen LogP contribution in [0, 0.1) is 0 Å². The molecule has 2 aromatic heterocycles. The third-order valence-corrected chi connectivity index (χ3v) is 2.84. The van der Waals surface area contributed by atoms with E-state index in [0.29, 0.717) is 11.2 Å². The first-order valence-electron chi connectivity index (χ1n) is 3.83. The zero-order valence-electron chi connectivity index (χ0n) is 7.56. The Morgan fingerprint density at radius 3 is 2.57 bits per heavy atom. The minimum atomic E-state index is -0.363. The molecule has 0 unspecified atom stereocenters. The van der Waals surface area contributed by atoms with Gasteiger partial charge in [-0.2, -0.15) is 0 Å². The fraction of sp³-hybridized carbons (Fsp3) is 0.286. The highest BCUT2D eigenvalue weighted by Crippen LogP contribution is 2.07. The SMILES string of the molecule is Cn1c(=O)c2c(ncn2I)n(C)c1=O. The van der Waals surface area contributed by atoms with Crippen LogP contribution in [0.25, 0.3) is 11.2 Å². The third-order valence-electron chi connectivity index (χ3n) is 2.11. The van der Waals surface area contributed by atoms with E-state index in [-0.39, 0.29) is 11.2 Å².